The Hall–Kier alpha value is -3.76. The van der Waals surface area contributed by atoms with Crippen molar-refractivity contribution in [3.63, 3.8) is 0 Å². The Balaban J connectivity index is 1.96. The molecule has 4 nitrogen and oxygen atoms in total. The molecule has 0 spiro atoms. The SMILES string of the molecule is NCc1cccc(C(c2ccccc2)(c2ccccc2)n2cnc3cccnc32)c1. The average molecular weight is 390 g/mol. The van der Waals surface area contributed by atoms with Crippen molar-refractivity contribution in [2.75, 3.05) is 0 Å². The molecule has 0 aliphatic heterocycles. The highest BCUT2D eigenvalue weighted by Gasteiger charge is 2.39. The van der Waals surface area contributed by atoms with E-state index in [0.29, 0.717) is 6.54 Å². The molecule has 30 heavy (non-hydrogen) atoms. The smallest absolute Gasteiger partial charge is 0.161 e. The summed E-state index contributed by atoms with van der Waals surface area (Å²) in [4.78, 5) is 9.38. The van der Waals surface area contributed by atoms with Gasteiger partial charge in [0.2, 0.25) is 0 Å². The van der Waals surface area contributed by atoms with E-state index < -0.39 is 5.54 Å². The van der Waals surface area contributed by atoms with Crippen LogP contribution in [0.15, 0.2) is 110 Å². The van der Waals surface area contributed by atoms with Gasteiger partial charge in [-0.3, -0.25) is 4.57 Å². The minimum absolute atomic E-state index is 0.483. The lowest BCUT2D eigenvalue weighted by Gasteiger charge is -2.37. The van der Waals surface area contributed by atoms with Gasteiger partial charge in [-0.15, -0.1) is 0 Å². The van der Waals surface area contributed by atoms with Crippen molar-refractivity contribution in [1.82, 2.24) is 14.5 Å². The fourth-order valence-corrected chi connectivity index (χ4v) is 4.29. The lowest BCUT2D eigenvalue weighted by molar-refractivity contribution is 0.525. The number of aromatic nitrogens is 3. The molecule has 0 saturated heterocycles. The molecule has 2 heterocycles. The van der Waals surface area contributed by atoms with Gasteiger partial charge in [-0.25, -0.2) is 9.97 Å². The monoisotopic (exact) mass is 390 g/mol. The summed E-state index contributed by atoms with van der Waals surface area (Å²) in [7, 11) is 0. The van der Waals surface area contributed by atoms with Crippen LogP contribution >= 0.6 is 0 Å². The van der Waals surface area contributed by atoms with Crippen molar-refractivity contribution in [2.24, 2.45) is 5.73 Å². The lowest BCUT2D eigenvalue weighted by atomic mass is 9.76. The zero-order chi connectivity index (χ0) is 20.4. The Bertz CT molecular complexity index is 1240. The van der Waals surface area contributed by atoms with Crippen LogP contribution in [-0.4, -0.2) is 14.5 Å². The first kappa shape index (κ1) is 18.3. The molecule has 4 heteroatoms. The largest absolute Gasteiger partial charge is 0.326 e. The van der Waals surface area contributed by atoms with Gasteiger partial charge in [0.1, 0.15) is 11.1 Å². The molecule has 0 amide bonds. The van der Waals surface area contributed by atoms with Crippen molar-refractivity contribution < 1.29 is 0 Å². The van der Waals surface area contributed by atoms with Crippen LogP contribution in [0.2, 0.25) is 0 Å². The molecule has 0 unspecified atom stereocenters. The van der Waals surface area contributed by atoms with Gasteiger partial charge in [0.25, 0.3) is 0 Å². The fourth-order valence-electron chi connectivity index (χ4n) is 4.29. The number of nitrogens with two attached hydrogens (primary N) is 1. The minimum Gasteiger partial charge on any atom is -0.326 e. The Kier molecular flexibility index (Phi) is 4.62. The summed E-state index contributed by atoms with van der Waals surface area (Å²) in [5.41, 5.74) is 11.5. The van der Waals surface area contributed by atoms with E-state index >= 15 is 0 Å². The number of benzene rings is 3. The van der Waals surface area contributed by atoms with Crippen LogP contribution in [0.5, 0.6) is 0 Å². The molecule has 0 radical (unpaired) electrons. The minimum atomic E-state index is -0.642. The molecule has 2 N–H and O–H groups in total. The molecule has 146 valence electrons. The normalized spacial score (nSPS) is 11.6. The summed E-state index contributed by atoms with van der Waals surface area (Å²) in [6, 6.07) is 33.4. The second-order valence-electron chi connectivity index (χ2n) is 7.31. The van der Waals surface area contributed by atoms with Gasteiger partial charge in [0.05, 0.1) is 6.33 Å². The number of rotatable bonds is 5. The molecular formula is C26H22N4. The Morgan fingerprint density at radius 1 is 0.700 bits per heavy atom. The van der Waals surface area contributed by atoms with Gasteiger partial charge < -0.3 is 5.73 Å². The van der Waals surface area contributed by atoms with Crippen LogP contribution in [0.25, 0.3) is 11.2 Å². The first-order chi connectivity index (χ1) is 14.8. The summed E-state index contributed by atoms with van der Waals surface area (Å²) < 4.78 is 2.18. The highest BCUT2D eigenvalue weighted by molar-refractivity contribution is 5.72. The maximum atomic E-state index is 6.02. The predicted molar refractivity (Wildman–Crippen MR) is 120 cm³/mol. The molecular weight excluding hydrogens is 368 g/mol. The summed E-state index contributed by atoms with van der Waals surface area (Å²) in [5.74, 6) is 0. The standard InChI is InChI=1S/C26H22N4/c27-18-20-9-7-14-23(17-20)26(21-10-3-1-4-11-21,22-12-5-2-6-13-22)30-19-29-24-15-8-16-28-25(24)30/h1-17,19H,18,27H2. The van der Waals surface area contributed by atoms with Crippen LogP contribution in [0.4, 0.5) is 0 Å². The van der Waals surface area contributed by atoms with Gasteiger partial charge in [-0.05, 0) is 34.4 Å². The number of nitrogens with zero attached hydrogens (tertiary/aromatic N) is 3. The predicted octanol–water partition coefficient (Wildman–Crippen LogP) is 4.73. The second-order valence-corrected chi connectivity index (χ2v) is 7.31. The van der Waals surface area contributed by atoms with E-state index in [1.54, 1.807) is 0 Å². The maximum Gasteiger partial charge on any atom is 0.161 e. The third-order valence-corrected chi connectivity index (χ3v) is 5.63. The topological polar surface area (TPSA) is 56.7 Å². The number of hydrogen-bond donors (Lipinski definition) is 1. The Morgan fingerprint density at radius 2 is 1.37 bits per heavy atom. The third kappa shape index (κ3) is 2.81. The van der Waals surface area contributed by atoms with Crippen LogP contribution in [0, 0.1) is 0 Å². The molecule has 0 atom stereocenters. The molecule has 0 bridgehead atoms. The van der Waals surface area contributed by atoms with E-state index in [1.165, 1.54) is 0 Å². The molecule has 3 aromatic carbocycles. The Morgan fingerprint density at radius 3 is 2.03 bits per heavy atom. The molecule has 0 aliphatic rings. The van der Waals surface area contributed by atoms with Crippen molar-refractivity contribution in [3.8, 4) is 0 Å². The lowest BCUT2D eigenvalue weighted by Crippen LogP contribution is -2.37. The zero-order valence-corrected chi connectivity index (χ0v) is 16.5. The fraction of sp³-hybridized carbons (Fsp3) is 0.0769. The van der Waals surface area contributed by atoms with E-state index in [1.807, 2.05) is 36.8 Å². The number of pyridine rings is 1. The molecule has 0 fully saturated rings. The highest BCUT2D eigenvalue weighted by Crippen LogP contribution is 2.42. The van der Waals surface area contributed by atoms with Crippen LogP contribution in [0.3, 0.4) is 0 Å². The molecule has 0 saturated carbocycles. The first-order valence-corrected chi connectivity index (χ1v) is 10.0. The second kappa shape index (κ2) is 7.58. The van der Waals surface area contributed by atoms with Crippen LogP contribution < -0.4 is 5.73 Å². The van der Waals surface area contributed by atoms with Gasteiger partial charge in [0.15, 0.2) is 5.65 Å². The van der Waals surface area contributed by atoms with E-state index in [9.17, 15) is 0 Å². The van der Waals surface area contributed by atoms with E-state index in [4.69, 9.17) is 10.7 Å². The van der Waals surface area contributed by atoms with Crippen LogP contribution in [-0.2, 0) is 12.1 Å². The van der Waals surface area contributed by atoms with Gasteiger partial charge in [-0.1, -0.05) is 84.9 Å². The number of hydrogen-bond acceptors (Lipinski definition) is 3. The van der Waals surface area contributed by atoms with Crippen molar-refractivity contribution >= 4 is 11.2 Å². The molecule has 2 aromatic heterocycles. The first-order valence-electron chi connectivity index (χ1n) is 10.0. The van der Waals surface area contributed by atoms with E-state index in [-0.39, 0.29) is 0 Å². The van der Waals surface area contributed by atoms with Crippen LogP contribution in [0.1, 0.15) is 22.3 Å². The van der Waals surface area contributed by atoms with Crippen molar-refractivity contribution in [1.29, 1.82) is 0 Å². The van der Waals surface area contributed by atoms with Gasteiger partial charge in [-0.2, -0.15) is 0 Å². The Labute approximate surface area is 175 Å². The van der Waals surface area contributed by atoms with E-state index in [0.717, 1.165) is 33.4 Å². The quantitative estimate of drug-likeness (QED) is 0.441. The zero-order valence-electron chi connectivity index (χ0n) is 16.5. The molecule has 0 aliphatic carbocycles. The van der Waals surface area contributed by atoms with Crippen molar-refractivity contribution in [3.05, 3.63) is 132 Å². The maximum absolute atomic E-state index is 6.02. The van der Waals surface area contributed by atoms with Gasteiger partial charge in [0, 0.05) is 12.7 Å². The summed E-state index contributed by atoms with van der Waals surface area (Å²) >= 11 is 0. The summed E-state index contributed by atoms with van der Waals surface area (Å²) in [6.45, 7) is 0.483. The molecule has 5 aromatic rings. The average Bonchev–Trinajstić information content (AvgIpc) is 3.26. The summed E-state index contributed by atoms with van der Waals surface area (Å²) in [6.07, 6.45) is 3.71. The third-order valence-electron chi connectivity index (χ3n) is 5.63. The van der Waals surface area contributed by atoms with Gasteiger partial charge >= 0.3 is 0 Å². The number of imidazole rings is 1. The molecule has 5 rings (SSSR count). The number of fused-ring (bicyclic) bond motifs is 1. The summed E-state index contributed by atoms with van der Waals surface area (Å²) in [5, 5.41) is 0. The van der Waals surface area contributed by atoms with Crippen molar-refractivity contribution in [2.45, 2.75) is 12.1 Å². The van der Waals surface area contributed by atoms with E-state index in [2.05, 4.69) is 82.3 Å². The highest BCUT2D eigenvalue weighted by atomic mass is 15.2.